The molecular weight excluding hydrogens is 237 g/mol. The van der Waals surface area contributed by atoms with Crippen molar-refractivity contribution in [2.75, 3.05) is 33.9 Å². The summed E-state index contributed by atoms with van der Waals surface area (Å²) in [5.41, 5.74) is 0.192. The molecule has 0 aromatic heterocycles. The van der Waals surface area contributed by atoms with Crippen molar-refractivity contribution in [3.8, 4) is 5.75 Å². The zero-order valence-electron chi connectivity index (χ0n) is 10.8. The van der Waals surface area contributed by atoms with Crippen molar-refractivity contribution in [2.45, 2.75) is 12.5 Å². The summed E-state index contributed by atoms with van der Waals surface area (Å²) in [6.07, 6.45) is -0.532. The van der Waals surface area contributed by atoms with E-state index >= 15 is 0 Å². The van der Waals surface area contributed by atoms with Crippen LogP contribution in [0.1, 0.15) is 18.1 Å². The Balaban J connectivity index is 2.69. The molecule has 0 saturated heterocycles. The predicted octanol–water partition coefficient (Wildman–Crippen LogP) is 1.18. The molecule has 5 heteroatoms. The van der Waals surface area contributed by atoms with Crippen LogP contribution in [0.15, 0.2) is 18.2 Å². The van der Waals surface area contributed by atoms with Gasteiger partial charge in [0.2, 0.25) is 0 Å². The van der Waals surface area contributed by atoms with Gasteiger partial charge in [-0.3, -0.25) is 0 Å². The van der Waals surface area contributed by atoms with E-state index in [1.165, 1.54) is 13.2 Å². The van der Waals surface area contributed by atoms with E-state index in [1.807, 2.05) is 11.9 Å². The second kappa shape index (κ2) is 7.31. The highest BCUT2D eigenvalue weighted by molar-refractivity contribution is 5.36. The molecule has 0 fully saturated rings. The first kappa shape index (κ1) is 14.9. The molecule has 1 aromatic rings. The molecule has 1 aromatic carbocycles. The third-order valence-corrected chi connectivity index (χ3v) is 2.83. The topological polar surface area (TPSA) is 52.9 Å². The van der Waals surface area contributed by atoms with Crippen molar-refractivity contribution < 1.29 is 19.3 Å². The second-order valence-corrected chi connectivity index (χ2v) is 4.19. The average molecular weight is 257 g/mol. The molecule has 0 saturated carbocycles. The van der Waals surface area contributed by atoms with Gasteiger partial charge < -0.3 is 19.8 Å². The SMILES string of the molecule is COc1cccc(F)c1C(O)CCN(C)CCO. The maximum Gasteiger partial charge on any atom is 0.132 e. The number of ether oxygens (including phenoxy) is 1. The summed E-state index contributed by atoms with van der Waals surface area (Å²) in [6, 6.07) is 4.47. The first-order valence-corrected chi connectivity index (χ1v) is 5.90. The van der Waals surface area contributed by atoms with Gasteiger partial charge in [0.15, 0.2) is 0 Å². The van der Waals surface area contributed by atoms with E-state index in [0.717, 1.165) is 0 Å². The highest BCUT2D eigenvalue weighted by atomic mass is 19.1. The normalized spacial score (nSPS) is 12.8. The molecule has 0 spiro atoms. The largest absolute Gasteiger partial charge is 0.496 e. The molecule has 0 aliphatic carbocycles. The zero-order chi connectivity index (χ0) is 13.5. The Morgan fingerprint density at radius 2 is 2.11 bits per heavy atom. The molecule has 18 heavy (non-hydrogen) atoms. The monoisotopic (exact) mass is 257 g/mol. The number of aliphatic hydroxyl groups is 2. The summed E-state index contributed by atoms with van der Waals surface area (Å²) < 4.78 is 18.7. The minimum absolute atomic E-state index is 0.0651. The van der Waals surface area contributed by atoms with Crippen molar-refractivity contribution in [3.63, 3.8) is 0 Å². The molecule has 2 N–H and O–H groups in total. The number of aliphatic hydroxyl groups excluding tert-OH is 2. The van der Waals surface area contributed by atoms with E-state index in [-0.39, 0.29) is 12.2 Å². The van der Waals surface area contributed by atoms with Gasteiger partial charge in [-0.1, -0.05) is 6.07 Å². The van der Waals surface area contributed by atoms with Gasteiger partial charge in [-0.15, -0.1) is 0 Å². The van der Waals surface area contributed by atoms with Crippen LogP contribution in [-0.4, -0.2) is 49.0 Å². The maximum atomic E-state index is 13.7. The Labute approximate surface area is 107 Å². The Bertz CT molecular complexity index is 373. The van der Waals surface area contributed by atoms with E-state index in [2.05, 4.69) is 0 Å². The fourth-order valence-electron chi connectivity index (χ4n) is 1.79. The van der Waals surface area contributed by atoms with Gasteiger partial charge in [0.25, 0.3) is 0 Å². The Hall–Kier alpha value is -1.17. The molecule has 0 aliphatic rings. The van der Waals surface area contributed by atoms with Crippen molar-refractivity contribution >= 4 is 0 Å². The molecule has 0 bridgehead atoms. The molecule has 0 aliphatic heterocycles. The van der Waals surface area contributed by atoms with Crippen LogP contribution in [0.25, 0.3) is 0 Å². The van der Waals surface area contributed by atoms with E-state index < -0.39 is 11.9 Å². The van der Waals surface area contributed by atoms with Gasteiger partial charge in [-0.05, 0) is 25.6 Å². The van der Waals surface area contributed by atoms with Crippen LogP contribution in [0.5, 0.6) is 5.75 Å². The van der Waals surface area contributed by atoms with E-state index in [9.17, 15) is 9.50 Å². The van der Waals surface area contributed by atoms with Gasteiger partial charge in [-0.25, -0.2) is 4.39 Å². The Kier molecular flexibility index (Phi) is 6.04. The van der Waals surface area contributed by atoms with Crippen LogP contribution in [-0.2, 0) is 0 Å². The fraction of sp³-hybridized carbons (Fsp3) is 0.538. The molecule has 1 atom stereocenters. The summed E-state index contributed by atoms with van der Waals surface area (Å²) in [7, 11) is 3.28. The third kappa shape index (κ3) is 3.94. The van der Waals surface area contributed by atoms with Crippen LogP contribution in [0.2, 0.25) is 0 Å². The number of benzene rings is 1. The maximum absolute atomic E-state index is 13.7. The van der Waals surface area contributed by atoms with E-state index in [0.29, 0.717) is 25.3 Å². The molecule has 0 heterocycles. The number of halogens is 1. The molecular formula is C13H20FNO3. The quantitative estimate of drug-likeness (QED) is 0.770. The van der Waals surface area contributed by atoms with Gasteiger partial charge in [0.1, 0.15) is 11.6 Å². The van der Waals surface area contributed by atoms with Crippen LogP contribution in [0.4, 0.5) is 4.39 Å². The van der Waals surface area contributed by atoms with Gasteiger partial charge in [-0.2, -0.15) is 0 Å². The van der Waals surface area contributed by atoms with Gasteiger partial charge >= 0.3 is 0 Å². The zero-order valence-corrected chi connectivity index (χ0v) is 10.8. The predicted molar refractivity (Wildman–Crippen MR) is 67.1 cm³/mol. The van der Waals surface area contributed by atoms with Crippen molar-refractivity contribution in [1.29, 1.82) is 0 Å². The smallest absolute Gasteiger partial charge is 0.132 e. The minimum atomic E-state index is -0.915. The highest BCUT2D eigenvalue weighted by Gasteiger charge is 2.18. The van der Waals surface area contributed by atoms with Gasteiger partial charge in [0, 0.05) is 13.1 Å². The summed E-state index contributed by atoms with van der Waals surface area (Å²) in [6.45, 7) is 1.16. The summed E-state index contributed by atoms with van der Waals surface area (Å²) >= 11 is 0. The lowest BCUT2D eigenvalue weighted by Crippen LogP contribution is -2.24. The van der Waals surface area contributed by atoms with E-state index in [4.69, 9.17) is 9.84 Å². The lowest BCUT2D eigenvalue weighted by atomic mass is 10.0. The number of likely N-dealkylation sites (N-methyl/N-ethyl adjacent to an activating group) is 1. The highest BCUT2D eigenvalue weighted by Crippen LogP contribution is 2.29. The number of hydrogen-bond acceptors (Lipinski definition) is 4. The van der Waals surface area contributed by atoms with Crippen molar-refractivity contribution in [2.24, 2.45) is 0 Å². The Morgan fingerprint density at radius 1 is 1.39 bits per heavy atom. The molecule has 102 valence electrons. The average Bonchev–Trinajstić information content (AvgIpc) is 2.36. The molecule has 4 nitrogen and oxygen atoms in total. The second-order valence-electron chi connectivity index (χ2n) is 4.19. The third-order valence-electron chi connectivity index (χ3n) is 2.83. The van der Waals surface area contributed by atoms with E-state index in [1.54, 1.807) is 12.1 Å². The number of nitrogens with zero attached hydrogens (tertiary/aromatic N) is 1. The molecule has 0 amide bonds. The van der Waals surface area contributed by atoms with Crippen LogP contribution in [0, 0.1) is 5.82 Å². The number of methoxy groups -OCH3 is 1. The summed E-state index contributed by atoms with van der Waals surface area (Å²) in [5.74, 6) is -0.112. The number of hydrogen-bond donors (Lipinski definition) is 2. The molecule has 0 radical (unpaired) electrons. The molecule has 1 rings (SSSR count). The van der Waals surface area contributed by atoms with Crippen LogP contribution >= 0.6 is 0 Å². The lowest BCUT2D eigenvalue weighted by Gasteiger charge is -2.19. The van der Waals surface area contributed by atoms with Crippen molar-refractivity contribution in [3.05, 3.63) is 29.6 Å². The van der Waals surface area contributed by atoms with Crippen LogP contribution in [0.3, 0.4) is 0 Å². The first-order chi connectivity index (χ1) is 8.60. The standard InChI is InChI=1S/C13H20FNO3/c1-15(8-9-16)7-6-11(17)13-10(14)4-3-5-12(13)18-2/h3-5,11,16-17H,6-9H2,1-2H3. The first-order valence-electron chi connectivity index (χ1n) is 5.90. The van der Waals surface area contributed by atoms with Crippen LogP contribution < -0.4 is 4.74 Å². The Morgan fingerprint density at radius 3 is 2.72 bits per heavy atom. The molecule has 1 unspecified atom stereocenters. The van der Waals surface area contributed by atoms with Crippen molar-refractivity contribution in [1.82, 2.24) is 4.90 Å². The van der Waals surface area contributed by atoms with Gasteiger partial charge in [0.05, 0.1) is 25.4 Å². The number of rotatable bonds is 7. The lowest BCUT2D eigenvalue weighted by molar-refractivity contribution is 0.135. The summed E-state index contributed by atoms with van der Waals surface area (Å²) in [4.78, 5) is 1.87. The summed E-state index contributed by atoms with van der Waals surface area (Å²) in [5, 5.41) is 18.8. The minimum Gasteiger partial charge on any atom is -0.496 e. The fourth-order valence-corrected chi connectivity index (χ4v) is 1.79.